The molecule has 1 saturated heterocycles. The molecule has 0 amide bonds. The van der Waals surface area contributed by atoms with E-state index in [2.05, 4.69) is 12.2 Å². The molecule has 4 nitrogen and oxygen atoms in total. The van der Waals surface area contributed by atoms with E-state index < -0.39 is 0 Å². The van der Waals surface area contributed by atoms with Crippen LogP contribution >= 0.6 is 0 Å². The predicted molar refractivity (Wildman–Crippen MR) is 69.8 cm³/mol. The summed E-state index contributed by atoms with van der Waals surface area (Å²) in [5.74, 6) is 0.184. The van der Waals surface area contributed by atoms with Crippen LogP contribution in [-0.4, -0.2) is 32.3 Å². The zero-order valence-corrected chi connectivity index (χ0v) is 10.8. The monoisotopic (exact) mass is 249 g/mol. The Kier molecular flexibility index (Phi) is 4.20. The fraction of sp³-hybridized carbons (Fsp3) is 0.500. The third-order valence-corrected chi connectivity index (χ3v) is 3.39. The fourth-order valence-electron chi connectivity index (χ4n) is 2.21. The van der Waals surface area contributed by atoms with Gasteiger partial charge >= 0.3 is 5.97 Å². The van der Waals surface area contributed by atoms with Gasteiger partial charge in [0.2, 0.25) is 0 Å². The Balaban J connectivity index is 2.10. The Morgan fingerprint density at radius 3 is 2.94 bits per heavy atom. The summed E-state index contributed by atoms with van der Waals surface area (Å²) >= 11 is 0. The smallest absolute Gasteiger partial charge is 0.339 e. The molecule has 1 N–H and O–H groups in total. The SMILES string of the molecule is COC(=O)c1ccccc1NC(C)C1CCOC1. The highest BCUT2D eigenvalue weighted by Gasteiger charge is 2.23. The summed E-state index contributed by atoms with van der Waals surface area (Å²) in [5, 5.41) is 3.39. The molecule has 2 rings (SSSR count). The van der Waals surface area contributed by atoms with Crippen molar-refractivity contribution >= 4 is 11.7 Å². The molecule has 1 aromatic rings. The lowest BCUT2D eigenvalue weighted by atomic mass is 10.00. The molecule has 0 saturated carbocycles. The van der Waals surface area contributed by atoms with Crippen LogP contribution in [0.1, 0.15) is 23.7 Å². The lowest BCUT2D eigenvalue weighted by Crippen LogP contribution is -2.27. The minimum absolute atomic E-state index is 0.276. The highest BCUT2D eigenvalue weighted by molar-refractivity contribution is 5.95. The number of hydrogen-bond donors (Lipinski definition) is 1. The van der Waals surface area contributed by atoms with Gasteiger partial charge in [-0.2, -0.15) is 0 Å². The molecule has 0 radical (unpaired) electrons. The Morgan fingerprint density at radius 1 is 1.50 bits per heavy atom. The van der Waals surface area contributed by atoms with E-state index in [1.165, 1.54) is 7.11 Å². The summed E-state index contributed by atoms with van der Waals surface area (Å²) in [6, 6.07) is 7.69. The number of para-hydroxylation sites is 1. The lowest BCUT2D eigenvalue weighted by molar-refractivity contribution is 0.0602. The molecule has 2 atom stereocenters. The topological polar surface area (TPSA) is 47.6 Å². The molecule has 1 fully saturated rings. The van der Waals surface area contributed by atoms with Crippen LogP contribution in [0.3, 0.4) is 0 Å². The molecule has 1 aliphatic rings. The number of carbonyl (C=O) groups excluding carboxylic acids is 1. The number of anilines is 1. The number of benzene rings is 1. The third kappa shape index (κ3) is 2.82. The second-order valence-electron chi connectivity index (χ2n) is 4.59. The maximum absolute atomic E-state index is 11.7. The molecule has 1 aliphatic heterocycles. The predicted octanol–water partition coefficient (Wildman–Crippen LogP) is 2.31. The molecule has 4 heteroatoms. The number of nitrogens with one attached hydrogen (secondary N) is 1. The zero-order valence-electron chi connectivity index (χ0n) is 10.8. The quantitative estimate of drug-likeness (QED) is 0.832. The van der Waals surface area contributed by atoms with E-state index >= 15 is 0 Å². The van der Waals surface area contributed by atoms with Crippen LogP contribution in [0.2, 0.25) is 0 Å². The van der Waals surface area contributed by atoms with Gasteiger partial charge in [-0.05, 0) is 25.5 Å². The van der Waals surface area contributed by atoms with Gasteiger partial charge in [0, 0.05) is 24.3 Å². The Morgan fingerprint density at radius 2 is 2.28 bits per heavy atom. The highest BCUT2D eigenvalue weighted by Crippen LogP contribution is 2.23. The molecular weight excluding hydrogens is 230 g/mol. The van der Waals surface area contributed by atoms with Crippen LogP contribution in [0.5, 0.6) is 0 Å². The summed E-state index contributed by atoms with van der Waals surface area (Å²) < 4.78 is 10.2. The fourth-order valence-corrected chi connectivity index (χ4v) is 2.21. The van der Waals surface area contributed by atoms with E-state index in [1.54, 1.807) is 6.07 Å². The number of esters is 1. The first-order valence-electron chi connectivity index (χ1n) is 6.24. The standard InChI is InChI=1S/C14H19NO3/c1-10(11-7-8-18-9-11)15-13-6-4-3-5-12(13)14(16)17-2/h3-6,10-11,15H,7-9H2,1-2H3. The molecule has 98 valence electrons. The van der Waals surface area contributed by atoms with Gasteiger partial charge in [0.25, 0.3) is 0 Å². The van der Waals surface area contributed by atoms with Crippen molar-refractivity contribution in [3.63, 3.8) is 0 Å². The summed E-state index contributed by atoms with van der Waals surface area (Å²) in [5.41, 5.74) is 1.40. The van der Waals surface area contributed by atoms with Crippen molar-refractivity contribution in [2.45, 2.75) is 19.4 Å². The molecule has 0 aliphatic carbocycles. The molecule has 1 aromatic carbocycles. The van der Waals surface area contributed by atoms with E-state index in [4.69, 9.17) is 9.47 Å². The van der Waals surface area contributed by atoms with Crippen molar-refractivity contribution in [1.82, 2.24) is 0 Å². The molecule has 0 aromatic heterocycles. The van der Waals surface area contributed by atoms with Crippen LogP contribution in [0.4, 0.5) is 5.69 Å². The molecular formula is C14H19NO3. The van der Waals surface area contributed by atoms with Gasteiger partial charge in [-0.1, -0.05) is 12.1 Å². The molecule has 18 heavy (non-hydrogen) atoms. The maximum Gasteiger partial charge on any atom is 0.339 e. The van der Waals surface area contributed by atoms with Crippen molar-refractivity contribution in [2.24, 2.45) is 5.92 Å². The van der Waals surface area contributed by atoms with Gasteiger partial charge in [0.1, 0.15) is 0 Å². The lowest BCUT2D eigenvalue weighted by Gasteiger charge is -2.21. The summed E-state index contributed by atoms with van der Waals surface area (Å²) in [7, 11) is 1.40. The average Bonchev–Trinajstić information content (AvgIpc) is 2.92. The van der Waals surface area contributed by atoms with Gasteiger partial charge < -0.3 is 14.8 Å². The first-order chi connectivity index (χ1) is 8.72. The third-order valence-electron chi connectivity index (χ3n) is 3.39. The van der Waals surface area contributed by atoms with Gasteiger partial charge in [-0.3, -0.25) is 0 Å². The van der Waals surface area contributed by atoms with Gasteiger partial charge in [-0.15, -0.1) is 0 Å². The normalized spacial score (nSPS) is 20.4. The van der Waals surface area contributed by atoms with E-state index in [9.17, 15) is 4.79 Å². The van der Waals surface area contributed by atoms with Crippen LogP contribution in [0.25, 0.3) is 0 Å². The molecule has 1 heterocycles. The van der Waals surface area contributed by atoms with E-state index in [0.717, 1.165) is 25.3 Å². The van der Waals surface area contributed by atoms with Gasteiger partial charge in [-0.25, -0.2) is 4.79 Å². The second kappa shape index (κ2) is 5.87. The van der Waals surface area contributed by atoms with Crippen molar-refractivity contribution in [3.05, 3.63) is 29.8 Å². The van der Waals surface area contributed by atoms with Crippen molar-refractivity contribution in [1.29, 1.82) is 0 Å². The molecule has 2 unspecified atom stereocenters. The van der Waals surface area contributed by atoms with Crippen LogP contribution < -0.4 is 5.32 Å². The van der Waals surface area contributed by atoms with Crippen molar-refractivity contribution in [3.8, 4) is 0 Å². The average molecular weight is 249 g/mol. The summed E-state index contributed by atoms with van der Waals surface area (Å²) in [4.78, 5) is 11.7. The zero-order chi connectivity index (χ0) is 13.0. The van der Waals surface area contributed by atoms with Gasteiger partial charge in [0.05, 0.1) is 19.3 Å². The number of ether oxygens (including phenoxy) is 2. The minimum atomic E-state index is -0.312. The summed E-state index contributed by atoms with van der Waals surface area (Å²) in [6.07, 6.45) is 1.06. The van der Waals surface area contributed by atoms with E-state index in [0.29, 0.717) is 11.5 Å². The Labute approximate surface area is 107 Å². The largest absolute Gasteiger partial charge is 0.465 e. The van der Waals surface area contributed by atoms with Crippen LogP contribution in [-0.2, 0) is 9.47 Å². The highest BCUT2D eigenvalue weighted by atomic mass is 16.5. The van der Waals surface area contributed by atoms with Crippen LogP contribution in [0, 0.1) is 5.92 Å². The number of rotatable bonds is 4. The number of methoxy groups -OCH3 is 1. The minimum Gasteiger partial charge on any atom is -0.465 e. The Bertz CT molecular complexity index is 413. The van der Waals surface area contributed by atoms with Crippen molar-refractivity contribution in [2.75, 3.05) is 25.6 Å². The van der Waals surface area contributed by atoms with E-state index in [-0.39, 0.29) is 12.0 Å². The number of hydrogen-bond acceptors (Lipinski definition) is 4. The Hall–Kier alpha value is -1.55. The second-order valence-corrected chi connectivity index (χ2v) is 4.59. The van der Waals surface area contributed by atoms with Crippen molar-refractivity contribution < 1.29 is 14.3 Å². The first-order valence-corrected chi connectivity index (χ1v) is 6.24. The van der Waals surface area contributed by atoms with E-state index in [1.807, 2.05) is 18.2 Å². The molecule has 0 bridgehead atoms. The van der Waals surface area contributed by atoms with Crippen LogP contribution in [0.15, 0.2) is 24.3 Å². The molecule has 0 spiro atoms. The van der Waals surface area contributed by atoms with Gasteiger partial charge in [0.15, 0.2) is 0 Å². The number of carbonyl (C=O) groups is 1. The maximum atomic E-state index is 11.7. The first kappa shape index (κ1) is 12.9. The summed E-state index contributed by atoms with van der Waals surface area (Å²) in [6.45, 7) is 3.73.